The Labute approximate surface area is 159 Å². The second-order valence-electron chi connectivity index (χ2n) is 5.51. The van der Waals surface area contributed by atoms with Crippen molar-refractivity contribution in [2.24, 2.45) is 0 Å². The van der Waals surface area contributed by atoms with E-state index in [1.165, 1.54) is 6.07 Å². The highest BCUT2D eigenvalue weighted by Gasteiger charge is 2.03. The van der Waals surface area contributed by atoms with E-state index in [-0.39, 0.29) is 12.4 Å². The van der Waals surface area contributed by atoms with Crippen LogP contribution in [0.1, 0.15) is 11.1 Å². The fourth-order valence-electron chi connectivity index (χ4n) is 2.29. The van der Waals surface area contributed by atoms with Gasteiger partial charge in [-0.2, -0.15) is 0 Å². The molecular formula is C20H16BrClFNO. The first-order chi connectivity index (χ1) is 12.1. The number of rotatable bonds is 6. The molecule has 0 radical (unpaired) electrons. The summed E-state index contributed by atoms with van der Waals surface area (Å²) < 4.78 is 20.1. The van der Waals surface area contributed by atoms with E-state index >= 15 is 0 Å². The first kappa shape index (κ1) is 17.8. The van der Waals surface area contributed by atoms with E-state index in [0.29, 0.717) is 22.9 Å². The van der Waals surface area contributed by atoms with E-state index < -0.39 is 0 Å². The van der Waals surface area contributed by atoms with Crippen LogP contribution in [-0.2, 0) is 13.2 Å². The van der Waals surface area contributed by atoms with Crippen LogP contribution in [0.15, 0.2) is 71.2 Å². The molecule has 2 nitrogen and oxygen atoms in total. The van der Waals surface area contributed by atoms with Gasteiger partial charge in [0.1, 0.15) is 18.2 Å². The highest BCUT2D eigenvalue weighted by Crippen LogP contribution is 2.26. The summed E-state index contributed by atoms with van der Waals surface area (Å²) in [7, 11) is 0. The second-order valence-corrected chi connectivity index (χ2v) is 6.77. The Morgan fingerprint density at radius 2 is 1.76 bits per heavy atom. The summed E-state index contributed by atoms with van der Waals surface area (Å²) in [6.45, 7) is 0.882. The van der Waals surface area contributed by atoms with E-state index in [0.717, 1.165) is 15.7 Å². The molecule has 0 bridgehead atoms. The Morgan fingerprint density at radius 1 is 1.00 bits per heavy atom. The Balaban J connectivity index is 1.55. The first-order valence-corrected chi connectivity index (χ1v) is 8.93. The van der Waals surface area contributed by atoms with Crippen molar-refractivity contribution >= 4 is 33.2 Å². The molecule has 0 amide bonds. The average Bonchev–Trinajstić information content (AvgIpc) is 2.63. The van der Waals surface area contributed by atoms with Gasteiger partial charge < -0.3 is 10.1 Å². The van der Waals surface area contributed by atoms with E-state index in [1.807, 2.05) is 42.5 Å². The highest BCUT2D eigenvalue weighted by atomic mass is 79.9. The van der Waals surface area contributed by atoms with Crippen molar-refractivity contribution in [3.63, 3.8) is 0 Å². The molecule has 0 heterocycles. The lowest BCUT2D eigenvalue weighted by Crippen LogP contribution is -2.00. The fourth-order valence-corrected chi connectivity index (χ4v) is 2.72. The number of halogens is 3. The molecule has 0 spiro atoms. The quantitative estimate of drug-likeness (QED) is 0.496. The third-order valence-corrected chi connectivity index (χ3v) is 4.92. The van der Waals surface area contributed by atoms with Crippen molar-refractivity contribution in [3.05, 3.63) is 93.2 Å². The molecule has 0 saturated heterocycles. The van der Waals surface area contributed by atoms with Crippen molar-refractivity contribution < 1.29 is 9.13 Å². The molecule has 0 atom stereocenters. The van der Waals surface area contributed by atoms with Gasteiger partial charge in [-0.1, -0.05) is 41.9 Å². The molecule has 3 rings (SSSR count). The third-order valence-electron chi connectivity index (χ3n) is 3.69. The Hall–Kier alpha value is -2.04. The lowest BCUT2D eigenvalue weighted by Gasteiger charge is -2.10. The standard InChI is InChI=1S/C20H16BrClFNO/c21-18-10-7-16(11-19(18)22)24-12-14-5-8-17(9-6-14)25-13-15-3-1-2-4-20(15)23/h1-11,24H,12-13H2. The molecule has 0 aliphatic rings. The van der Waals surface area contributed by atoms with Crippen LogP contribution in [0.5, 0.6) is 5.75 Å². The Kier molecular flexibility index (Phi) is 5.95. The summed E-state index contributed by atoms with van der Waals surface area (Å²) in [5.41, 5.74) is 2.60. The van der Waals surface area contributed by atoms with E-state index in [4.69, 9.17) is 16.3 Å². The summed E-state index contributed by atoms with van der Waals surface area (Å²) in [5.74, 6) is 0.454. The zero-order valence-electron chi connectivity index (χ0n) is 13.3. The normalized spacial score (nSPS) is 10.5. The van der Waals surface area contributed by atoms with Crippen LogP contribution in [0.2, 0.25) is 5.02 Å². The molecule has 3 aromatic rings. The predicted molar refractivity (Wildman–Crippen MR) is 104 cm³/mol. The molecule has 1 N–H and O–H groups in total. The molecule has 25 heavy (non-hydrogen) atoms. The minimum atomic E-state index is -0.253. The maximum absolute atomic E-state index is 13.6. The molecule has 5 heteroatoms. The zero-order valence-corrected chi connectivity index (χ0v) is 15.6. The van der Waals surface area contributed by atoms with Crippen molar-refractivity contribution in [3.8, 4) is 5.75 Å². The number of nitrogens with one attached hydrogen (secondary N) is 1. The van der Waals surface area contributed by atoms with E-state index in [2.05, 4.69) is 21.2 Å². The van der Waals surface area contributed by atoms with Crippen molar-refractivity contribution in [2.45, 2.75) is 13.2 Å². The number of anilines is 1. The summed E-state index contributed by atoms with van der Waals surface area (Å²) in [5, 5.41) is 3.99. The van der Waals surface area contributed by atoms with Crippen LogP contribution in [0.25, 0.3) is 0 Å². The van der Waals surface area contributed by atoms with Crippen LogP contribution in [0, 0.1) is 5.82 Å². The zero-order chi connectivity index (χ0) is 17.6. The first-order valence-electron chi connectivity index (χ1n) is 7.76. The van der Waals surface area contributed by atoms with Gasteiger partial charge in [-0.05, 0) is 57.9 Å². The molecule has 0 aliphatic heterocycles. The lowest BCUT2D eigenvalue weighted by atomic mass is 10.2. The van der Waals surface area contributed by atoms with Gasteiger partial charge in [0.2, 0.25) is 0 Å². The third kappa shape index (κ3) is 4.97. The van der Waals surface area contributed by atoms with Gasteiger partial charge in [0.15, 0.2) is 0 Å². The molecule has 0 aliphatic carbocycles. The maximum Gasteiger partial charge on any atom is 0.129 e. The minimum absolute atomic E-state index is 0.210. The number of hydrogen-bond donors (Lipinski definition) is 1. The average molecular weight is 421 g/mol. The summed E-state index contributed by atoms with van der Waals surface area (Å²) in [6, 6.07) is 20.1. The maximum atomic E-state index is 13.6. The Morgan fingerprint density at radius 3 is 2.48 bits per heavy atom. The molecule has 0 fully saturated rings. The Bertz CT molecular complexity index is 855. The lowest BCUT2D eigenvalue weighted by molar-refractivity contribution is 0.300. The highest BCUT2D eigenvalue weighted by molar-refractivity contribution is 9.10. The van der Waals surface area contributed by atoms with Gasteiger partial charge >= 0.3 is 0 Å². The van der Waals surface area contributed by atoms with Crippen LogP contribution in [0.4, 0.5) is 10.1 Å². The van der Waals surface area contributed by atoms with Crippen LogP contribution in [-0.4, -0.2) is 0 Å². The number of benzene rings is 3. The van der Waals surface area contributed by atoms with Gasteiger partial charge in [-0.25, -0.2) is 4.39 Å². The van der Waals surface area contributed by atoms with Crippen LogP contribution < -0.4 is 10.1 Å². The van der Waals surface area contributed by atoms with Crippen molar-refractivity contribution in [1.29, 1.82) is 0 Å². The topological polar surface area (TPSA) is 21.3 Å². The molecule has 3 aromatic carbocycles. The van der Waals surface area contributed by atoms with Gasteiger partial charge in [0, 0.05) is 22.3 Å². The van der Waals surface area contributed by atoms with Crippen LogP contribution in [0.3, 0.4) is 0 Å². The molecule has 128 valence electrons. The largest absolute Gasteiger partial charge is 0.489 e. The SMILES string of the molecule is Fc1ccccc1COc1ccc(CNc2ccc(Br)c(Cl)c2)cc1. The summed E-state index contributed by atoms with van der Waals surface area (Å²) in [4.78, 5) is 0. The minimum Gasteiger partial charge on any atom is -0.489 e. The molecular weight excluding hydrogens is 405 g/mol. The molecule has 0 aromatic heterocycles. The van der Waals surface area contributed by atoms with Gasteiger partial charge in [-0.15, -0.1) is 0 Å². The summed E-state index contributed by atoms with van der Waals surface area (Å²) >= 11 is 9.45. The summed E-state index contributed by atoms with van der Waals surface area (Å²) in [6.07, 6.45) is 0. The van der Waals surface area contributed by atoms with Crippen LogP contribution >= 0.6 is 27.5 Å². The van der Waals surface area contributed by atoms with Gasteiger partial charge in [0.05, 0.1) is 5.02 Å². The number of hydrogen-bond acceptors (Lipinski definition) is 2. The van der Waals surface area contributed by atoms with E-state index in [1.54, 1.807) is 18.2 Å². The predicted octanol–water partition coefficient (Wildman–Crippen LogP) is 6.43. The smallest absolute Gasteiger partial charge is 0.129 e. The van der Waals surface area contributed by atoms with Crippen molar-refractivity contribution in [1.82, 2.24) is 0 Å². The molecule has 0 saturated carbocycles. The second kappa shape index (κ2) is 8.37. The fraction of sp³-hybridized carbons (Fsp3) is 0.100. The number of ether oxygens (including phenoxy) is 1. The van der Waals surface area contributed by atoms with Gasteiger partial charge in [0.25, 0.3) is 0 Å². The van der Waals surface area contributed by atoms with E-state index in [9.17, 15) is 4.39 Å². The monoisotopic (exact) mass is 419 g/mol. The molecule has 0 unspecified atom stereocenters. The van der Waals surface area contributed by atoms with Gasteiger partial charge in [-0.3, -0.25) is 0 Å². The van der Waals surface area contributed by atoms with Crippen molar-refractivity contribution in [2.75, 3.05) is 5.32 Å².